The minimum Gasteiger partial charge on any atom is -0.385 e. The van der Waals surface area contributed by atoms with Crippen molar-refractivity contribution >= 4 is 5.91 Å². The third-order valence-corrected chi connectivity index (χ3v) is 4.21. The number of benzene rings is 1. The van der Waals surface area contributed by atoms with Crippen LogP contribution in [0.3, 0.4) is 0 Å². The Morgan fingerprint density at radius 3 is 3.05 bits per heavy atom. The summed E-state index contributed by atoms with van der Waals surface area (Å²) in [6.45, 7) is 5.49. The van der Waals surface area contributed by atoms with Gasteiger partial charge in [-0.15, -0.1) is 0 Å². The number of nitrogens with zero attached hydrogens (tertiary/aromatic N) is 1. The largest absolute Gasteiger partial charge is 0.385 e. The summed E-state index contributed by atoms with van der Waals surface area (Å²) in [5.74, 6) is 0.183. The molecule has 1 aromatic carbocycles. The monoisotopic (exact) mass is 304 g/mol. The third-order valence-electron chi connectivity index (χ3n) is 4.21. The van der Waals surface area contributed by atoms with Crippen LogP contribution >= 0.6 is 0 Å². The first-order valence-corrected chi connectivity index (χ1v) is 8.27. The molecule has 0 bridgehead atoms. The van der Waals surface area contributed by atoms with Gasteiger partial charge in [0.15, 0.2) is 0 Å². The molecule has 4 nitrogen and oxygen atoms in total. The van der Waals surface area contributed by atoms with E-state index in [9.17, 15) is 4.79 Å². The van der Waals surface area contributed by atoms with Gasteiger partial charge >= 0.3 is 0 Å². The topological polar surface area (TPSA) is 41.6 Å². The van der Waals surface area contributed by atoms with Crippen LogP contribution in [0.1, 0.15) is 36.8 Å². The Bertz CT molecular complexity index is 476. The van der Waals surface area contributed by atoms with E-state index >= 15 is 0 Å². The van der Waals surface area contributed by atoms with E-state index < -0.39 is 0 Å². The Morgan fingerprint density at radius 2 is 2.27 bits per heavy atom. The van der Waals surface area contributed by atoms with E-state index in [4.69, 9.17) is 4.74 Å². The predicted molar refractivity (Wildman–Crippen MR) is 88.7 cm³/mol. The molecular formula is C18H28N2O2. The summed E-state index contributed by atoms with van der Waals surface area (Å²) in [5, 5.41) is 3.07. The molecule has 1 aromatic rings. The van der Waals surface area contributed by atoms with Crippen molar-refractivity contribution in [3.8, 4) is 0 Å². The van der Waals surface area contributed by atoms with Gasteiger partial charge in [-0.2, -0.15) is 0 Å². The molecule has 22 heavy (non-hydrogen) atoms. The van der Waals surface area contributed by atoms with Crippen LogP contribution < -0.4 is 5.32 Å². The third kappa shape index (κ3) is 5.11. The average molecular weight is 304 g/mol. The highest BCUT2D eigenvalue weighted by atomic mass is 16.5. The number of carbonyl (C=O) groups excluding carboxylic acids is 1. The summed E-state index contributed by atoms with van der Waals surface area (Å²) >= 11 is 0. The van der Waals surface area contributed by atoms with Crippen LogP contribution in [0, 0.1) is 6.92 Å². The van der Waals surface area contributed by atoms with E-state index in [0.717, 1.165) is 51.9 Å². The summed E-state index contributed by atoms with van der Waals surface area (Å²) < 4.78 is 5.02. The van der Waals surface area contributed by atoms with Gasteiger partial charge in [0.1, 0.15) is 0 Å². The van der Waals surface area contributed by atoms with Gasteiger partial charge in [-0.1, -0.05) is 29.8 Å². The fraction of sp³-hybridized carbons (Fsp3) is 0.611. The van der Waals surface area contributed by atoms with Crippen molar-refractivity contribution in [2.45, 2.75) is 45.2 Å². The van der Waals surface area contributed by atoms with E-state index in [0.29, 0.717) is 0 Å². The van der Waals surface area contributed by atoms with Gasteiger partial charge in [-0.3, -0.25) is 9.69 Å². The summed E-state index contributed by atoms with van der Waals surface area (Å²) in [5.41, 5.74) is 2.57. The SMILES string of the molecule is COCCCCNC(=O)C1CCCN1Cc1cccc(C)c1. The maximum absolute atomic E-state index is 12.4. The van der Waals surface area contributed by atoms with E-state index in [1.54, 1.807) is 7.11 Å². The molecule has 0 spiro atoms. The summed E-state index contributed by atoms with van der Waals surface area (Å²) in [6.07, 6.45) is 4.04. The zero-order valence-corrected chi connectivity index (χ0v) is 13.8. The number of unbranched alkanes of at least 4 members (excludes halogenated alkanes) is 1. The van der Waals surface area contributed by atoms with Crippen molar-refractivity contribution in [3.05, 3.63) is 35.4 Å². The Morgan fingerprint density at radius 1 is 1.41 bits per heavy atom. The lowest BCUT2D eigenvalue weighted by atomic mass is 10.1. The number of methoxy groups -OCH3 is 1. The van der Waals surface area contributed by atoms with Crippen LogP contribution in [-0.2, 0) is 16.1 Å². The molecule has 1 atom stereocenters. The second kappa shape index (κ2) is 8.91. The normalized spacial score (nSPS) is 18.5. The Kier molecular flexibility index (Phi) is 6.87. The molecule has 2 rings (SSSR count). The Hall–Kier alpha value is -1.39. The number of carbonyl (C=O) groups is 1. The Labute approximate surface area is 133 Å². The van der Waals surface area contributed by atoms with Crippen molar-refractivity contribution in [2.24, 2.45) is 0 Å². The molecule has 122 valence electrons. The molecule has 1 fully saturated rings. The molecule has 4 heteroatoms. The van der Waals surface area contributed by atoms with Crippen LogP contribution in [-0.4, -0.2) is 43.7 Å². The summed E-state index contributed by atoms with van der Waals surface area (Å²) in [4.78, 5) is 14.7. The van der Waals surface area contributed by atoms with E-state index in [1.807, 2.05) is 0 Å². The maximum Gasteiger partial charge on any atom is 0.237 e. The van der Waals surface area contributed by atoms with E-state index in [2.05, 4.69) is 41.4 Å². The Balaban J connectivity index is 1.80. The first-order chi connectivity index (χ1) is 10.7. The molecule has 0 saturated carbocycles. The lowest BCUT2D eigenvalue weighted by molar-refractivity contribution is -0.125. The predicted octanol–water partition coefficient (Wildman–Crippen LogP) is 2.50. The van der Waals surface area contributed by atoms with E-state index in [-0.39, 0.29) is 11.9 Å². The molecule has 0 radical (unpaired) electrons. The highest BCUT2D eigenvalue weighted by Gasteiger charge is 2.30. The van der Waals surface area contributed by atoms with Crippen molar-refractivity contribution in [1.82, 2.24) is 10.2 Å². The highest BCUT2D eigenvalue weighted by Crippen LogP contribution is 2.20. The summed E-state index contributed by atoms with van der Waals surface area (Å²) in [6, 6.07) is 8.58. The van der Waals surface area contributed by atoms with E-state index in [1.165, 1.54) is 11.1 Å². The highest BCUT2D eigenvalue weighted by molar-refractivity contribution is 5.82. The number of ether oxygens (including phenoxy) is 1. The van der Waals surface area contributed by atoms with Gasteiger partial charge in [0.05, 0.1) is 6.04 Å². The van der Waals surface area contributed by atoms with Crippen LogP contribution in [0.25, 0.3) is 0 Å². The fourth-order valence-corrected chi connectivity index (χ4v) is 3.06. The first kappa shape index (κ1) is 17.0. The molecule has 1 aliphatic heterocycles. The molecule has 1 aliphatic rings. The number of hydrogen-bond donors (Lipinski definition) is 1. The first-order valence-electron chi connectivity index (χ1n) is 8.27. The van der Waals surface area contributed by atoms with Gasteiger partial charge in [-0.05, 0) is 44.7 Å². The lowest BCUT2D eigenvalue weighted by Crippen LogP contribution is -2.43. The van der Waals surface area contributed by atoms with Gasteiger partial charge in [0, 0.05) is 26.8 Å². The van der Waals surface area contributed by atoms with Gasteiger partial charge in [0.2, 0.25) is 5.91 Å². The van der Waals surface area contributed by atoms with Crippen molar-refractivity contribution < 1.29 is 9.53 Å². The molecule has 0 aromatic heterocycles. The fourth-order valence-electron chi connectivity index (χ4n) is 3.06. The van der Waals surface area contributed by atoms with Crippen molar-refractivity contribution in [2.75, 3.05) is 26.8 Å². The van der Waals surface area contributed by atoms with Crippen molar-refractivity contribution in [1.29, 1.82) is 0 Å². The smallest absolute Gasteiger partial charge is 0.237 e. The number of nitrogens with one attached hydrogen (secondary N) is 1. The number of hydrogen-bond acceptors (Lipinski definition) is 3. The number of likely N-dealkylation sites (tertiary alicyclic amines) is 1. The number of rotatable bonds is 8. The van der Waals surface area contributed by atoms with Gasteiger partial charge in [-0.25, -0.2) is 0 Å². The zero-order chi connectivity index (χ0) is 15.8. The van der Waals surface area contributed by atoms with Crippen LogP contribution in [0.2, 0.25) is 0 Å². The molecule has 0 aliphatic carbocycles. The molecule has 1 heterocycles. The quantitative estimate of drug-likeness (QED) is 0.750. The second-order valence-electron chi connectivity index (χ2n) is 6.11. The summed E-state index contributed by atoms with van der Waals surface area (Å²) in [7, 11) is 1.71. The maximum atomic E-state index is 12.4. The second-order valence-corrected chi connectivity index (χ2v) is 6.11. The lowest BCUT2D eigenvalue weighted by Gasteiger charge is -2.24. The minimum atomic E-state index is 0.0305. The molecule has 1 N–H and O–H groups in total. The molecule has 1 amide bonds. The number of aryl methyl sites for hydroxylation is 1. The van der Waals surface area contributed by atoms with Crippen LogP contribution in [0.4, 0.5) is 0 Å². The number of amides is 1. The zero-order valence-electron chi connectivity index (χ0n) is 13.8. The standard InChI is InChI=1S/C18H28N2O2/c1-15-7-5-8-16(13-15)14-20-11-6-9-17(20)18(21)19-10-3-4-12-22-2/h5,7-8,13,17H,3-4,6,9-12,14H2,1-2H3,(H,19,21). The van der Waals surface area contributed by atoms with Crippen LogP contribution in [0.15, 0.2) is 24.3 Å². The van der Waals surface area contributed by atoms with Crippen LogP contribution in [0.5, 0.6) is 0 Å². The van der Waals surface area contributed by atoms with Crippen molar-refractivity contribution in [3.63, 3.8) is 0 Å². The minimum absolute atomic E-state index is 0.0305. The van der Waals surface area contributed by atoms with Gasteiger partial charge in [0.25, 0.3) is 0 Å². The molecule has 1 saturated heterocycles. The molecule has 1 unspecified atom stereocenters. The van der Waals surface area contributed by atoms with Gasteiger partial charge < -0.3 is 10.1 Å². The average Bonchev–Trinajstić information content (AvgIpc) is 2.95. The molecular weight excluding hydrogens is 276 g/mol.